The maximum atomic E-state index is 12.5. The molecular weight excluding hydrogens is 338 g/mol. The standard InChI is InChI=1S/C19H28ClN3O2/c20-15-3-1-2-13(9-15)8-14-4-7-18(22-10-14)19(25)23-16-5-6-17(12-24)21-11-16/h1-3,9,14,16-18,21-22,24H,4-8,10-12H2,(H,23,25). The number of amides is 1. The zero-order valence-corrected chi connectivity index (χ0v) is 15.3. The number of nitrogens with one attached hydrogen (secondary N) is 3. The van der Waals surface area contributed by atoms with Gasteiger partial charge in [0.15, 0.2) is 0 Å². The average molecular weight is 366 g/mol. The van der Waals surface area contributed by atoms with Crippen LogP contribution in [0.25, 0.3) is 0 Å². The Kier molecular flexibility index (Phi) is 6.70. The molecule has 138 valence electrons. The third-order valence-electron chi connectivity index (χ3n) is 5.33. The lowest BCUT2D eigenvalue weighted by Gasteiger charge is -2.33. The largest absolute Gasteiger partial charge is 0.395 e. The van der Waals surface area contributed by atoms with Crippen LogP contribution < -0.4 is 16.0 Å². The zero-order chi connectivity index (χ0) is 17.6. The van der Waals surface area contributed by atoms with Crippen molar-refractivity contribution in [2.24, 2.45) is 5.92 Å². The van der Waals surface area contributed by atoms with Gasteiger partial charge < -0.3 is 21.1 Å². The van der Waals surface area contributed by atoms with E-state index in [4.69, 9.17) is 16.7 Å². The summed E-state index contributed by atoms with van der Waals surface area (Å²) in [6.07, 6.45) is 4.75. The van der Waals surface area contributed by atoms with E-state index in [0.717, 1.165) is 50.2 Å². The fourth-order valence-corrected chi connectivity index (χ4v) is 4.02. The zero-order valence-electron chi connectivity index (χ0n) is 14.5. The lowest BCUT2D eigenvalue weighted by atomic mass is 9.89. The first kappa shape index (κ1) is 18.6. The summed E-state index contributed by atoms with van der Waals surface area (Å²) >= 11 is 6.05. The van der Waals surface area contributed by atoms with Crippen LogP contribution in [0.4, 0.5) is 0 Å². The molecule has 2 aliphatic rings. The van der Waals surface area contributed by atoms with Crippen LogP contribution in [0.15, 0.2) is 24.3 Å². The number of hydrogen-bond donors (Lipinski definition) is 4. The van der Waals surface area contributed by atoms with Gasteiger partial charge in [-0.2, -0.15) is 0 Å². The Labute approximate surface area is 154 Å². The van der Waals surface area contributed by atoms with Gasteiger partial charge in [-0.1, -0.05) is 23.7 Å². The van der Waals surface area contributed by atoms with Crippen molar-refractivity contribution in [3.63, 3.8) is 0 Å². The summed E-state index contributed by atoms with van der Waals surface area (Å²) in [5, 5.41) is 19.7. The smallest absolute Gasteiger partial charge is 0.237 e. The monoisotopic (exact) mass is 365 g/mol. The second-order valence-corrected chi connectivity index (χ2v) is 7.75. The van der Waals surface area contributed by atoms with Crippen LogP contribution in [0.5, 0.6) is 0 Å². The maximum absolute atomic E-state index is 12.5. The number of aliphatic hydroxyl groups excluding tert-OH is 1. The van der Waals surface area contributed by atoms with Crippen LogP contribution in [0.2, 0.25) is 5.02 Å². The Hall–Kier alpha value is -1.14. The second kappa shape index (κ2) is 8.99. The number of hydrogen-bond acceptors (Lipinski definition) is 4. The quantitative estimate of drug-likeness (QED) is 0.637. The third-order valence-corrected chi connectivity index (χ3v) is 5.56. The minimum atomic E-state index is -0.0915. The second-order valence-electron chi connectivity index (χ2n) is 7.31. The molecule has 5 nitrogen and oxygen atoms in total. The summed E-state index contributed by atoms with van der Waals surface area (Å²) in [6.45, 7) is 1.76. The van der Waals surface area contributed by atoms with Crippen LogP contribution in [0.3, 0.4) is 0 Å². The first-order valence-electron chi connectivity index (χ1n) is 9.26. The molecule has 2 heterocycles. The van der Waals surface area contributed by atoms with Gasteiger partial charge in [-0.15, -0.1) is 0 Å². The van der Waals surface area contributed by atoms with Crippen molar-refractivity contribution in [3.05, 3.63) is 34.9 Å². The lowest BCUT2D eigenvalue weighted by Crippen LogP contribution is -2.56. The highest BCUT2D eigenvalue weighted by Gasteiger charge is 2.28. The van der Waals surface area contributed by atoms with Gasteiger partial charge in [0.2, 0.25) is 5.91 Å². The summed E-state index contributed by atoms with van der Waals surface area (Å²) in [6, 6.07) is 8.27. The summed E-state index contributed by atoms with van der Waals surface area (Å²) in [5.74, 6) is 0.652. The molecular formula is C19H28ClN3O2. The van der Waals surface area contributed by atoms with E-state index in [0.29, 0.717) is 5.92 Å². The van der Waals surface area contributed by atoms with Crippen molar-refractivity contribution < 1.29 is 9.90 Å². The Morgan fingerprint density at radius 2 is 2.08 bits per heavy atom. The molecule has 0 spiro atoms. The summed E-state index contributed by atoms with van der Waals surface area (Å²) in [5.41, 5.74) is 1.26. The van der Waals surface area contributed by atoms with Gasteiger partial charge in [0, 0.05) is 23.7 Å². The molecule has 0 saturated carbocycles. The normalized spacial score (nSPS) is 30.0. The molecule has 1 amide bonds. The van der Waals surface area contributed by atoms with Crippen LogP contribution in [-0.4, -0.2) is 48.8 Å². The van der Waals surface area contributed by atoms with Crippen molar-refractivity contribution in [3.8, 4) is 0 Å². The van der Waals surface area contributed by atoms with Gasteiger partial charge in [-0.05, 0) is 62.3 Å². The van der Waals surface area contributed by atoms with Gasteiger partial charge in [-0.3, -0.25) is 4.79 Å². The molecule has 2 aliphatic heterocycles. The molecule has 1 aromatic rings. The Morgan fingerprint density at radius 1 is 1.20 bits per heavy atom. The third kappa shape index (κ3) is 5.42. The molecule has 0 radical (unpaired) electrons. The van der Waals surface area contributed by atoms with Crippen LogP contribution in [-0.2, 0) is 11.2 Å². The molecule has 0 bridgehead atoms. The van der Waals surface area contributed by atoms with Gasteiger partial charge >= 0.3 is 0 Å². The first-order valence-corrected chi connectivity index (χ1v) is 9.64. The predicted octanol–water partition coefficient (Wildman–Crippen LogP) is 1.48. The topological polar surface area (TPSA) is 73.4 Å². The van der Waals surface area contributed by atoms with Gasteiger partial charge in [0.1, 0.15) is 0 Å². The highest BCUT2D eigenvalue weighted by Crippen LogP contribution is 2.21. The average Bonchev–Trinajstić information content (AvgIpc) is 2.63. The number of piperidine rings is 2. The molecule has 3 rings (SSSR count). The van der Waals surface area contributed by atoms with E-state index in [9.17, 15) is 4.79 Å². The van der Waals surface area contributed by atoms with Crippen molar-refractivity contribution in [1.29, 1.82) is 0 Å². The molecule has 2 fully saturated rings. The summed E-state index contributed by atoms with van der Waals surface area (Å²) in [4.78, 5) is 12.5. The van der Waals surface area contributed by atoms with E-state index in [-0.39, 0.29) is 30.6 Å². The molecule has 1 aromatic carbocycles. The molecule has 4 atom stereocenters. The lowest BCUT2D eigenvalue weighted by molar-refractivity contribution is -0.124. The van der Waals surface area contributed by atoms with Gasteiger partial charge in [0.25, 0.3) is 0 Å². The molecule has 25 heavy (non-hydrogen) atoms. The number of benzene rings is 1. The van der Waals surface area contributed by atoms with E-state index >= 15 is 0 Å². The number of halogens is 1. The maximum Gasteiger partial charge on any atom is 0.237 e. The predicted molar refractivity (Wildman–Crippen MR) is 99.7 cm³/mol. The Bertz CT molecular complexity index is 568. The fraction of sp³-hybridized carbons (Fsp3) is 0.632. The van der Waals surface area contributed by atoms with E-state index in [2.05, 4.69) is 22.0 Å². The minimum Gasteiger partial charge on any atom is -0.395 e. The molecule has 2 saturated heterocycles. The van der Waals surface area contributed by atoms with E-state index < -0.39 is 0 Å². The minimum absolute atomic E-state index is 0.0915. The van der Waals surface area contributed by atoms with E-state index in [1.54, 1.807) is 0 Å². The molecule has 4 N–H and O–H groups in total. The molecule has 4 unspecified atom stereocenters. The van der Waals surface area contributed by atoms with Gasteiger partial charge in [0.05, 0.1) is 12.6 Å². The highest BCUT2D eigenvalue weighted by molar-refractivity contribution is 6.30. The first-order chi connectivity index (χ1) is 12.1. The van der Waals surface area contributed by atoms with Crippen molar-refractivity contribution in [2.75, 3.05) is 19.7 Å². The molecule has 0 aliphatic carbocycles. The van der Waals surface area contributed by atoms with Crippen molar-refractivity contribution in [2.45, 2.75) is 50.2 Å². The molecule has 0 aromatic heterocycles. The van der Waals surface area contributed by atoms with Crippen molar-refractivity contribution >= 4 is 17.5 Å². The van der Waals surface area contributed by atoms with Crippen LogP contribution in [0.1, 0.15) is 31.2 Å². The number of carbonyl (C=O) groups excluding carboxylic acids is 1. The fourth-order valence-electron chi connectivity index (χ4n) is 3.81. The SMILES string of the molecule is O=C(NC1CCC(CO)NC1)C1CCC(Cc2cccc(Cl)c2)CN1. The molecule has 6 heteroatoms. The number of rotatable bonds is 5. The van der Waals surface area contributed by atoms with E-state index in [1.165, 1.54) is 5.56 Å². The Balaban J connectivity index is 1.40. The number of carbonyl (C=O) groups is 1. The van der Waals surface area contributed by atoms with Crippen LogP contribution in [0, 0.1) is 5.92 Å². The Morgan fingerprint density at radius 3 is 2.72 bits per heavy atom. The van der Waals surface area contributed by atoms with E-state index in [1.807, 2.05) is 18.2 Å². The van der Waals surface area contributed by atoms with Crippen molar-refractivity contribution in [1.82, 2.24) is 16.0 Å². The summed E-state index contributed by atoms with van der Waals surface area (Å²) in [7, 11) is 0. The summed E-state index contributed by atoms with van der Waals surface area (Å²) < 4.78 is 0. The van der Waals surface area contributed by atoms with Crippen LogP contribution >= 0.6 is 11.6 Å². The number of aliphatic hydroxyl groups is 1. The van der Waals surface area contributed by atoms with Gasteiger partial charge in [-0.25, -0.2) is 0 Å². The highest BCUT2D eigenvalue weighted by atomic mass is 35.5.